The van der Waals surface area contributed by atoms with Gasteiger partial charge in [-0.3, -0.25) is 4.79 Å². The summed E-state index contributed by atoms with van der Waals surface area (Å²) in [5, 5.41) is 26.9. The van der Waals surface area contributed by atoms with Crippen molar-refractivity contribution in [2.45, 2.75) is 18.9 Å². The molecule has 0 aliphatic carbocycles. The molecule has 1 rings (SSSR count). The molecule has 0 radical (unpaired) electrons. The predicted octanol–water partition coefficient (Wildman–Crippen LogP) is 1.10. The Labute approximate surface area is 90.9 Å². The van der Waals surface area contributed by atoms with Gasteiger partial charge in [-0.1, -0.05) is 0 Å². The molecule has 6 heteroatoms. The number of aromatic hydroxyl groups is 2. The van der Waals surface area contributed by atoms with E-state index in [1.54, 1.807) is 0 Å². The Bertz CT molecular complexity index is 408. The number of phenols is 2. The molecule has 0 saturated carbocycles. The van der Waals surface area contributed by atoms with Gasteiger partial charge in [0.2, 0.25) is 0 Å². The van der Waals surface area contributed by atoms with E-state index < -0.39 is 29.3 Å². The molecule has 1 unspecified atom stereocenters. The lowest BCUT2D eigenvalue weighted by molar-refractivity contribution is -0.137. The topological polar surface area (TPSA) is 104 Å². The van der Waals surface area contributed by atoms with Crippen LogP contribution in [0, 0.1) is 5.82 Å². The van der Waals surface area contributed by atoms with E-state index in [9.17, 15) is 14.3 Å². The van der Waals surface area contributed by atoms with E-state index in [0.29, 0.717) is 0 Å². The third kappa shape index (κ3) is 2.60. The van der Waals surface area contributed by atoms with E-state index in [1.807, 2.05) is 0 Å². The number of nitrogens with two attached hydrogens (primary N) is 1. The number of aliphatic carboxylic acids is 1. The molecule has 0 aliphatic heterocycles. The fraction of sp³-hybridized carbons (Fsp3) is 0.300. The molecule has 0 bridgehead atoms. The highest BCUT2D eigenvalue weighted by Gasteiger charge is 2.19. The van der Waals surface area contributed by atoms with Crippen LogP contribution in [-0.2, 0) is 4.79 Å². The molecule has 1 atom stereocenters. The lowest BCUT2D eigenvalue weighted by Gasteiger charge is -2.14. The number of phenolic OH excluding ortho intramolecular Hbond substituents is 2. The monoisotopic (exact) mass is 229 g/mol. The SMILES string of the molecule is NC(CCC(=O)O)c1c(O)ccc(O)c1F. The highest BCUT2D eigenvalue weighted by Crippen LogP contribution is 2.32. The highest BCUT2D eigenvalue weighted by molar-refractivity contribution is 5.66. The van der Waals surface area contributed by atoms with Crippen LogP contribution in [0.1, 0.15) is 24.4 Å². The van der Waals surface area contributed by atoms with E-state index in [0.717, 1.165) is 12.1 Å². The maximum Gasteiger partial charge on any atom is 0.303 e. The van der Waals surface area contributed by atoms with Gasteiger partial charge in [0, 0.05) is 12.5 Å². The first-order chi connectivity index (χ1) is 7.43. The summed E-state index contributed by atoms with van der Waals surface area (Å²) in [5.74, 6) is -3.10. The predicted molar refractivity (Wildman–Crippen MR) is 53.5 cm³/mol. The number of hydrogen-bond donors (Lipinski definition) is 4. The van der Waals surface area contributed by atoms with Crippen LogP contribution in [0.15, 0.2) is 12.1 Å². The number of carboxylic acid groups (broad SMARTS) is 1. The third-order valence-electron chi connectivity index (χ3n) is 2.18. The molecule has 1 aromatic carbocycles. The second-order valence-electron chi connectivity index (χ2n) is 3.37. The average Bonchev–Trinajstić information content (AvgIpc) is 2.21. The minimum Gasteiger partial charge on any atom is -0.507 e. The first kappa shape index (κ1) is 12.3. The number of carbonyl (C=O) groups is 1. The Kier molecular flexibility index (Phi) is 3.68. The molecule has 88 valence electrons. The van der Waals surface area contributed by atoms with Gasteiger partial charge in [0.25, 0.3) is 0 Å². The van der Waals surface area contributed by atoms with Crippen LogP contribution in [0.3, 0.4) is 0 Å². The fourth-order valence-corrected chi connectivity index (χ4v) is 1.35. The fourth-order valence-electron chi connectivity index (χ4n) is 1.35. The van der Waals surface area contributed by atoms with Gasteiger partial charge in [0.05, 0.1) is 5.56 Å². The quantitative estimate of drug-likeness (QED) is 0.579. The lowest BCUT2D eigenvalue weighted by atomic mass is 10.0. The maximum absolute atomic E-state index is 13.4. The molecule has 0 amide bonds. The third-order valence-corrected chi connectivity index (χ3v) is 2.18. The summed E-state index contributed by atoms with van der Waals surface area (Å²) in [6, 6.07) is 1.13. The molecule has 0 spiro atoms. The van der Waals surface area contributed by atoms with E-state index in [2.05, 4.69) is 0 Å². The molecule has 5 nitrogen and oxygen atoms in total. The van der Waals surface area contributed by atoms with Gasteiger partial charge in [-0.05, 0) is 18.6 Å². The number of benzene rings is 1. The summed E-state index contributed by atoms with van der Waals surface area (Å²) in [7, 11) is 0. The van der Waals surface area contributed by atoms with Crippen molar-refractivity contribution in [1.29, 1.82) is 0 Å². The zero-order valence-electron chi connectivity index (χ0n) is 8.35. The zero-order chi connectivity index (χ0) is 12.3. The van der Waals surface area contributed by atoms with Crippen LogP contribution in [0.4, 0.5) is 4.39 Å². The van der Waals surface area contributed by atoms with Gasteiger partial charge in [0.1, 0.15) is 5.75 Å². The number of halogens is 1. The van der Waals surface area contributed by atoms with Crippen LogP contribution in [-0.4, -0.2) is 21.3 Å². The van der Waals surface area contributed by atoms with E-state index >= 15 is 0 Å². The molecular weight excluding hydrogens is 217 g/mol. The zero-order valence-corrected chi connectivity index (χ0v) is 8.35. The van der Waals surface area contributed by atoms with Crippen molar-refractivity contribution < 1.29 is 24.5 Å². The van der Waals surface area contributed by atoms with Crippen molar-refractivity contribution >= 4 is 5.97 Å². The second kappa shape index (κ2) is 4.80. The van der Waals surface area contributed by atoms with Crippen LogP contribution in [0.5, 0.6) is 11.5 Å². The van der Waals surface area contributed by atoms with Crippen molar-refractivity contribution in [3.63, 3.8) is 0 Å². The summed E-state index contributed by atoms with van der Waals surface area (Å²) in [6.07, 6.45) is -0.265. The molecule has 0 saturated heterocycles. The maximum atomic E-state index is 13.4. The van der Waals surface area contributed by atoms with Crippen LogP contribution in [0.25, 0.3) is 0 Å². The Morgan fingerprint density at radius 3 is 2.50 bits per heavy atom. The molecule has 0 fully saturated rings. The number of hydrogen-bond acceptors (Lipinski definition) is 4. The van der Waals surface area contributed by atoms with Crippen molar-refractivity contribution in [3.05, 3.63) is 23.5 Å². The normalized spacial score (nSPS) is 12.4. The molecule has 1 aromatic rings. The smallest absolute Gasteiger partial charge is 0.303 e. The standard InChI is InChI=1S/C10H12FNO4/c11-10-7(14)3-2-6(13)9(10)5(12)1-4-8(15)16/h2-3,5,13-14H,1,4,12H2,(H,15,16). The largest absolute Gasteiger partial charge is 0.507 e. The van der Waals surface area contributed by atoms with Crippen LogP contribution in [0.2, 0.25) is 0 Å². The molecule has 16 heavy (non-hydrogen) atoms. The van der Waals surface area contributed by atoms with Crippen LogP contribution < -0.4 is 5.73 Å². The van der Waals surface area contributed by atoms with Crippen molar-refractivity contribution in [3.8, 4) is 11.5 Å². The van der Waals surface area contributed by atoms with Crippen molar-refractivity contribution in [1.82, 2.24) is 0 Å². The summed E-state index contributed by atoms with van der Waals surface area (Å²) in [4.78, 5) is 10.3. The Morgan fingerprint density at radius 2 is 1.94 bits per heavy atom. The first-order valence-electron chi connectivity index (χ1n) is 4.61. The van der Waals surface area contributed by atoms with Gasteiger partial charge in [-0.2, -0.15) is 0 Å². The molecule has 0 heterocycles. The number of rotatable bonds is 4. The van der Waals surface area contributed by atoms with Crippen molar-refractivity contribution in [2.24, 2.45) is 5.73 Å². The van der Waals surface area contributed by atoms with Gasteiger partial charge < -0.3 is 21.1 Å². The van der Waals surface area contributed by atoms with E-state index in [1.165, 1.54) is 0 Å². The summed E-state index contributed by atoms with van der Waals surface area (Å²) < 4.78 is 13.4. The van der Waals surface area contributed by atoms with Gasteiger partial charge in [-0.25, -0.2) is 4.39 Å². The molecule has 0 aliphatic rings. The van der Waals surface area contributed by atoms with Gasteiger partial charge in [0.15, 0.2) is 11.6 Å². The summed E-state index contributed by atoms with van der Waals surface area (Å²) in [6.45, 7) is 0. The van der Waals surface area contributed by atoms with E-state index in [4.69, 9.17) is 15.9 Å². The van der Waals surface area contributed by atoms with E-state index in [-0.39, 0.29) is 18.4 Å². The minimum absolute atomic E-state index is 0.0245. The minimum atomic E-state index is -1.06. The number of carboxylic acids is 1. The van der Waals surface area contributed by atoms with Gasteiger partial charge >= 0.3 is 5.97 Å². The lowest BCUT2D eigenvalue weighted by Crippen LogP contribution is -2.14. The summed E-state index contributed by atoms with van der Waals surface area (Å²) in [5.41, 5.74) is 5.28. The summed E-state index contributed by atoms with van der Waals surface area (Å²) >= 11 is 0. The first-order valence-corrected chi connectivity index (χ1v) is 4.61. The Balaban J connectivity index is 2.94. The molecule has 0 aromatic heterocycles. The highest BCUT2D eigenvalue weighted by atomic mass is 19.1. The van der Waals surface area contributed by atoms with Crippen LogP contribution >= 0.6 is 0 Å². The molecule has 5 N–H and O–H groups in total. The second-order valence-corrected chi connectivity index (χ2v) is 3.37. The Hall–Kier alpha value is -1.82. The molecular formula is C10H12FNO4. The van der Waals surface area contributed by atoms with Gasteiger partial charge in [-0.15, -0.1) is 0 Å². The average molecular weight is 229 g/mol. The van der Waals surface area contributed by atoms with Crippen molar-refractivity contribution in [2.75, 3.05) is 0 Å². The Morgan fingerprint density at radius 1 is 1.38 bits per heavy atom.